The summed E-state index contributed by atoms with van der Waals surface area (Å²) in [7, 11) is 0. The summed E-state index contributed by atoms with van der Waals surface area (Å²) >= 11 is 0. The highest BCUT2D eigenvalue weighted by molar-refractivity contribution is 6.11. The van der Waals surface area contributed by atoms with Gasteiger partial charge in [-0.1, -0.05) is 36.4 Å². The third-order valence-electron chi connectivity index (χ3n) is 5.41. The van der Waals surface area contributed by atoms with E-state index in [1.165, 1.54) is 0 Å². The first-order valence-electron chi connectivity index (χ1n) is 9.86. The van der Waals surface area contributed by atoms with E-state index in [-0.39, 0.29) is 17.7 Å². The van der Waals surface area contributed by atoms with Crippen molar-refractivity contribution < 1.29 is 9.59 Å². The largest absolute Gasteiger partial charge is 0.369 e. The summed E-state index contributed by atoms with van der Waals surface area (Å²) in [6.07, 6.45) is 3.51. The van der Waals surface area contributed by atoms with Crippen molar-refractivity contribution >= 4 is 28.3 Å². The number of benzene rings is 2. The summed E-state index contributed by atoms with van der Waals surface area (Å²) in [5.41, 5.74) is 7.74. The van der Waals surface area contributed by atoms with Crippen LogP contribution in [0.15, 0.2) is 60.8 Å². The fraction of sp³-hybridized carbons (Fsp3) is 0.261. The molecule has 6 heteroatoms. The quantitative estimate of drug-likeness (QED) is 0.703. The van der Waals surface area contributed by atoms with Gasteiger partial charge in [0.05, 0.1) is 5.92 Å². The maximum atomic E-state index is 12.7. The van der Waals surface area contributed by atoms with E-state index in [0.29, 0.717) is 12.2 Å². The lowest BCUT2D eigenvalue weighted by atomic mass is 9.97. The number of rotatable bonds is 5. The molecule has 29 heavy (non-hydrogen) atoms. The zero-order chi connectivity index (χ0) is 20.2. The summed E-state index contributed by atoms with van der Waals surface area (Å²) in [4.78, 5) is 30.7. The fourth-order valence-electron chi connectivity index (χ4n) is 3.87. The Hall–Kier alpha value is -3.25. The van der Waals surface area contributed by atoms with Crippen LogP contribution in [0, 0.1) is 5.92 Å². The molecule has 0 spiro atoms. The molecule has 3 aromatic rings. The van der Waals surface area contributed by atoms with Crippen molar-refractivity contribution in [3.63, 3.8) is 0 Å². The summed E-state index contributed by atoms with van der Waals surface area (Å²) < 4.78 is 0. The molecule has 2 amide bonds. The van der Waals surface area contributed by atoms with Gasteiger partial charge in [0, 0.05) is 30.4 Å². The number of fused-ring (bicyclic) bond motifs is 1. The second-order valence-electron chi connectivity index (χ2n) is 7.51. The summed E-state index contributed by atoms with van der Waals surface area (Å²) in [5, 5.41) is 4.74. The molecular formula is C23H24N4O2. The Morgan fingerprint density at radius 3 is 2.69 bits per heavy atom. The molecule has 1 aliphatic heterocycles. The van der Waals surface area contributed by atoms with E-state index in [2.05, 4.69) is 15.2 Å². The Morgan fingerprint density at radius 2 is 1.90 bits per heavy atom. The van der Waals surface area contributed by atoms with E-state index in [1.54, 1.807) is 6.20 Å². The van der Waals surface area contributed by atoms with E-state index in [0.717, 1.165) is 48.0 Å². The van der Waals surface area contributed by atoms with Crippen LogP contribution < -0.4 is 11.1 Å². The SMILES string of the molecule is NC(=O)C1CCCN(Cc2ccc(NC(=O)c3nccc4ccccc34)cc2)C1. The number of nitrogens with zero attached hydrogens (tertiary/aromatic N) is 2. The molecule has 148 valence electrons. The Morgan fingerprint density at radius 1 is 1.10 bits per heavy atom. The van der Waals surface area contributed by atoms with Crippen molar-refractivity contribution in [1.29, 1.82) is 0 Å². The molecule has 1 aliphatic rings. The number of nitrogens with one attached hydrogen (secondary N) is 1. The van der Waals surface area contributed by atoms with Crippen molar-refractivity contribution in [1.82, 2.24) is 9.88 Å². The molecule has 0 aliphatic carbocycles. The monoisotopic (exact) mass is 388 g/mol. The Labute approximate surface area is 169 Å². The lowest BCUT2D eigenvalue weighted by Crippen LogP contribution is -2.40. The maximum absolute atomic E-state index is 12.7. The van der Waals surface area contributed by atoms with E-state index in [4.69, 9.17) is 5.73 Å². The molecule has 4 rings (SSSR count). The van der Waals surface area contributed by atoms with Crippen LogP contribution in [-0.4, -0.2) is 34.8 Å². The smallest absolute Gasteiger partial charge is 0.274 e. The van der Waals surface area contributed by atoms with E-state index in [9.17, 15) is 9.59 Å². The minimum atomic E-state index is -0.227. The highest BCUT2D eigenvalue weighted by Crippen LogP contribution is 2.20. The summed E-state index contributed by atoms with van der Waals surface area (Å²) in [6.45, 7) is 2.44. The maximum Gasteiger partial charge on any atom is 0.274 e. The minimum absolute atomic E-state index is 0.0597. The molecular weight excluding hydrogens is 364 g/mol. The highest BCUT2D eigenvalue weighted by atomic mass is 16.2. The van der Waals surface area contributed by atoms with Crippen LogP contribution in [0.25, 0.3) is 10.8 Å². The molecule has 2 aromatic carbocycles. The molecule has 2 heterocycles. The second-order valence-corrected chi connectivity index (χ2v) is 7.51. The third-order valence-corrected chi connectivity index (χ3v) is 5.41. The second kappa shape index (κ2) is 8.41. The summed E-state index contributed by atoms with van der Waals surface area (Å²) in [6, 6.07) is 17.4. The molecule has 3 N–H and O–H groups in total. The predicted octanol–water partition coefficient (Wildman–Crippen LogP) is 3.18. The molecule has 1 unspecified atom stereocenters. The lowest BCUT2D eigenvalue weighted by Gasteiger charge is -2.31. The third kappa shape index (κ3) is 4.43. The standard InChI is InChI=1S/C23H24N4O2/c24-22(28)18-5-3-13-27(15-18)14-16-7-9-19(10-8-16)26-23(29)21-20-6-2-1-4-17(20)11-12-25-21/h1-2,4,6-12,18H,3,5,13-15H2,(H2,24,28)(H,26,29). The van der Waals surface area contributed by atoms with E-state index in [1.807, 2.05) is 54.6 Å². The van der Waals surface area contributed by atoms with Gasteiger partial charge in [-0.2, -0.15) is 0 Å². The van der Waals surface area contributed by atoms with Crippen molar-refractivity contribution in [2.45, 2.75) is 19.4 Å². The molecule has 6 nitrogen and oxygen atoms in total. The van der Waals surface area contributed by atoms with Crippen LogP contribution >= 0.6 is 0 Å². The number of amides is 2. The van der Waals surface area contributed by atoms with Crippen LogP contribution in [0.3, 0.4) is 0 Å². The van der Waals surface area contributed by atoms with E-state index < -0.39 is 0 Å². The van der Waals surface area contributed by atoms with Gasteiger partial charge in [-0.05, 0) is 48.5 Å². The topological polar surface area (TPSA) is 88.3 Å². The first-order chi connectivity index (χ1) is 14.1. The van der Waals surface area contributed by atoms with Gasteiger partial charge in [0.1, 0.15) is 5.69 Å². The first-order valence-corrected chi connectivity index (χ1v) is 9.86. The van der Waals surface area contributed by atoms with Gasteiger partial charge in [0.15, 0.2) is 0 Å². The predicted molar refractivity (Wildman–Crippen MR) is 113 cm³/mol. The minimum Gasteiger partial charge on any atom is -0.369 e. The number of carbonyl (C=O) groups is 2. The molecule has 1 saturated heterocycles. The number of anilines is 1. The number of carbonyl (C=O) groups excluding carboxylic acids is 2. The van der Waals surface area contributed by atoms with Crippen molar-refractivity contribution in [2.75, 3.05) is 18.4 Å². The first kappa shape index (κ1) is 19.1. The van der Waals surface area contributed by atoms with Crippen molar-refractivity contribution in [3.05, 3.63) is 72.1 Å². The zero-order valence-electron chi connectivity index (χ0n) is 16.2. The zero-order valence-corrected chi connectivity index (χ0v) is 16.2. The van der Waals surface area contributed by atoms with Crippen LogP contribution in [0.2, 0.25) is 0 Å². The normalized spacial score (nSPS) is 17.2. The number of hydrogen-bond donors (Lipinski definition) is 2. The molecule has 1 aromatic heterocycles. The fourth-order valence-corrected chi connectivity index (χ4v) is 3.87. The van der Waals surface area contributed by atoms with Gasteiger partial charge in [-0.15, -0.1) is 0 Å². The van der Waals surface area contributed by atoms with Crippen LogP contribution in [0.1, 0.15) is 28.9 Å². The molecule has 0 radical (unpaired) electrons. The number of piperidine rings is 1. The Kier molecular flexibility index (Phi) is 5.53. The van der Waals surface area contributed by atoms with E-state index >= 15 is 0 Å². The number of likely N-dealkylation sites (tertiary alicyclic amines) is 1. The van der Waals surface area contributed by atoms with Gasteiger partial charge in [0.25, 0.3) is 5.91 Å². The number of primary amides is 1. The molecule has 0 bridgehead atoms. The van der Waals surface area contributed by atoms with Gasteiger partial charge in [-0.25, -0.2) is 0 Å². The van der Waals surface area contributed by atoms with Crippen molar-refractivity contribution in [3.8, 4) is 0 Å². The van der Waals surface area contributed by atoms with Crippen LogP contribution in [-0.2, 0) is 11.3 Å². The highest BCUT2D eigenvalue weighted by Gasteiger charge is 2.23. The van der Waals surface area contributed by atoms with Gasteiger partial charge < -0.3 is 11.1 Å². The van der Waals surface area contributed by atoms with Crippen LogP contribution in [0.5, 0.6) is 0 Å². The van der Waals surface area contributed by atoms with Crippen molar-refractivity contribution in [2.24, 2.45) is 11.7 Å². The lowest BCUT2D eigenvalue weighted by molar-refractivity contribution is -0.123. The number of nitrogens with two attached hydrogens (primary N) is 1. The number of aromatic nitrogens is 1. The van der Waals surface area contributed by atoms with Gasteiger partial charge >= 0.3 is 0 Å². The Bertz CT molecular complexity index is 1030. The molecule has 0 saturated carbocycles. The molecule has 1 atom stereocenters. The molecule has 1 fully saturated rings. The average Bonchev–Trinajstić information content (AvgIpc) is 2.75. The Balaban J connectivity index is 1.42. The average molecular weight is 388 g/mol. The van der Waals surface area contributed by atoms with Gasteiger partial charge in [-0.3, -0.25) is 19.5 Å². The van der Waals surface area contributed by atoms with Gasteiger partial charge in [0.2, 0.25) is 5.91 Å². The van der Waals surface area contributed by atoms with Crippen LogP contribution in [0.4, 0.5) is 5.69 Å². The number of hydrogen-bond acceptors (Lipinski definition) is 4. The summed E-state index contributed by atoms with van der Waals surface area (Å²) in [5.74, 6) is -0.500. The number of pyridine rings is 1.